The Labute approximate surface area is 128 Å². The van der Waals surface area contributed by atoms with E-state index in [0.29, 0.717) is 23.5 Å². The average molecular weight is 299 g/mol. The molecule has 0 spiro atoms. The van der Waals surface area contributed by atoms with Crippen molar-refractivity contribution in [1.29, 1.82) is 5.26 Å². The zero-order chi connectivity index (χ0) is 15.1. The van der Waals surface area contributed by atoms with E-state index in [2.05, 4.69) is 28.4 Å². The SMILES string of the molecule is CN(CCC(=O)Nc1sccc1C#N)Cc1ccccc1. The summed E-state index contributed by atoms with van der Waals surface area (Å²) in [6, 6.07) is 13.9. The van der Waals surface area contributed by atoms with E-state index in [-0.39, 0.29) is 5.91 Å². The summed E-state index contributed by atoms with van der Waals surface area (Å²) in [7, 11) is 1.99. The molecule has 0 aliphatic rings. The van der Waals surface area contributed by atoms with Crippen molar-refractivity contribution in [3.63, 3.8) is 0 Å². The number of nitrogens with one attached hydrogen (secondary N) is 1. The van der Waals surface area contributed by atoms with E-state index >= 15 is 0 Å². The van der Waals surface area contributed by atoms with Crippen LogP contribution < -0.4 is 5.32 Å². The van der Waals surface area contributed by atoms with Gasteiger partial charge in [-0.15, -0.1) is 11.3 Å². The number of benzene rings is 1. The zero-order valence-electron chi connectivity index (χ0n) is 11.9. The molecule has 1 aromatic heterocycles. The van der Waals surface area contributed by atoms with Crippen LogP contribution in [0.25, 0.3) is 0 Å². The quantitative estimate of drug-likeness (QED) is 0.892. The van der Waals surface area contributed by atoms with Crippen LogP contribution in [-0.2, 0) is 11.3 Å². The second-order valence-corrected chi connectivity index (χ2v) is 5.71. The Kier molecular flexibility index (Phi) is 5.50. The van der Waals surface area contributed by atoms with E-state index < -0.39 is 0 Å². The van der Waals surface area contributed by atoms with Crippen LogP contribution in [0.15, 0.2) is 41.8 Å². The highest BCUT2D eigenvalue weighted by Gasteiger charge is 2.09. The van der Waals surface area contributed by atoms with Crippen molar-refractivity contribution < 1.29 is 4.79 Å². The minimum atomic E-state index is -0.0612. The standard InChI is InChI=1S/C16H17N3OS/c1-19(12-13-5-3-2-4-6-13)9-7-15(20)18-16-14(11-17)8-10-21-16/h2-6,8,10H,7,9,12H2,1H3,(H,18,20). The summed E-state index contributed by atoms with van der Waals surface area (Å²) in [5.41, 5.74) is 1.75. The minimum Gasteiger partial charge on any atom is -0.317 e. The molecule has 1 N–H and O–H groups in total. The molecular formula is C16H17N3OS. The lowest BCUT2D eigenvalue weighted by atomic mass is 10.2. The third kappa shape index (κ3) is 4.71. The van der Waals surface area contributed by atoms with Crippen LogP contribution in [0.5, 0.6) is 0 Å². The van der Waals surface area contributed by atoms with Crippen molar-refractivity contribution in [3.05, 3.63) is 52.9 Å². The average Bonchev–Trinajstić information content (AvgIpc) is 2.93. The van der Waals surface area contributed by atoms with Gasteiger partial charge in [0.2, 0.25) is 5.91 Å². The third-order valence-corrected chi connectivity index (χ3v) is 3.88. The first-order valence-electron chi connectivity index (χ1n) is 6.69. The largest absolute Gasteiger partial charge is 0.317 e. The summed E-state index contributed by atoms with van der Waals surface area (Å²) in [6.07, 6.45) is 0.409. The summed E-state index contributed by atoms with van der Waals surface area (Å²) in [4.78, 5) is 14.0. The summed E-state index contributed by atoms with van der Waals surface area (Å²) in [5.74, 6) is -0.0612. The molecule has 0 aliphatic carbocycles. The number of hydrogen-bond donors (Lipinski definition) is 1. The highest BCUT2D eigenvalue weighted by Crippen LogP contribution is 2.22. The van der Waals surface area contributed by atoms with E-state index in [9.17, 15) is 4.79 Å². The van der Waals surface area contributed by atoms with Gasteiger partial charge in [-0.1, -0.05) is 30.3 Å². The van der Waals surface area contributed by atoms with Gasteiger partial charge in [0.25, 0.3) is 0 Å². The molecule has 0 radical (unpaired) electrons. The maximum absolute atomic E-state index is 11.9. The van der Waals surface area contributed by atoms with Gasteiger partial charge >= 0.3 is 0 Å². The molecule has 0 unspecified atom stereocenters. The van der Waals surface area contributed by atoms with Crippen LogP contribution in [0.1, 0.15) is 17.5 Å². The second kappa shape index (κ2) is 7.58. The van der Waals surface area contributed by atoms with E-state index in [1.54, 1.807) is 11.4 Å². The van der Waals surface area contributed by atoms with Crippen LogP contribution in [-0.4, -0.2) is 24.4 Å². The van der Waals surface area contributed by atoms with Crippen molar-refractivity contribution in [3.8, 4) is 6.07 Å². The highest BCUT2D eigenvalue weighted by molar-refractivity contribution is 7.14. The molecule has 1 heterocycles. The molecule has 0 fully saturated rings. The fourth-order valence-electron chi connectivity index (χ4n) is 1.95. The Balaban J connectivity index is 1.78. The van der Waals surface area contributed by atoms with E-state index in [1.165, 1.54) is 16.9 Å². The second-order valence-electron chi connectivity index (χ2n) is 4.80. The molecule has 4 nitrogen and oxygen atoms in total. The van der Waals surface area contributed by atoms with Crippen LogP contribution in [0.3, 0.4) is 0 Å². The van der Waals surface area contributed by atoms with Crippen molar-refractivity contribution in [2.24, 2.45) is 0 Å². The number of thiophene rings is 1. The molecule has 1 amide bonds. The topological polar surface area (TPSA) is 56.1 Å². The van der Waals surface area contributed by atoms with E-state index in [1.807, 2.05) is 25.2 Å². The van der Waals surface area contributed by atoms with Gasteiger partial charge in [0, 0.05) is 19.5 Å². The van der Waals surface area contributed by atoms with Crippen LogP contribution >= 0.6 is 11.3 Å². The van der Waals surface area contributed by atoms with Crippen molar-refractivity contribution in [2.45, 2.75) is 13.0 Å². The molecule has 0 saturated carbocycles. The van der Waals surface area contributed by atoms with Gasteiger partial charge in [-0.05, 0) is 24.1 Å². The first kappa shape index (κ1) is 15.2. The van der Waals surface area contributed by atoms with Gasteiger partial charge in [-0.2, -0.15) is 5.26 Å². The fourth-order valence-corrected chi connectivity index (χ4v) is 2.70. The van der Waals surface area contributed by atoms with Crippen LogP contribution in [0.4, 0.5) is 5.00 Å². The lowest BCUT2D eigenvalue weighted by Gasteiger charge is -2.16. The molecule has 0 saturated heterocycles. The number of amides is 1. The Morgan fingerprint density at radius 1 is 1.33 bits per heavy atom. The zero-order valence-corrected chi connectivity index (χ0v) is 12.7. The monoisotopic (exact) mass is 299 g/mol. The first-order valence-corrected chi connectivity index (χ1v) is 7.57. The van der Waals surface area contributed by atoms with Crippen molar-refractivity contribution in [1.82, 2.24) is 4.90 Å². The smallest absolute Gasteiger partial charge is 0.226 e. The number of nitriles is 1. The van der Waals surface area contributed by atoms with E-state index in [0.717, 1.165) is 6.54 Å². The molecule has 2 aromatic rings. The summed E-state index contributed by atoms with van der Waals surface area (Å²) in [5, 5.41) is 14.1. The normalized spacial score (nSPS) is 10.3. The van der Waals surface area contributed by atoms with Gasteiger partial charge in [0.05, 0.1) is 5.56 Å². The minimum absolute atomic E-state index is 0.0612. The molecule has 21 heavy (non-hydrogen) atoms. The number of nitrogens with zero attached hydrogens (tertiary/aromatic N) is 2. The number of hydrogen-bond acceptors (Lipinski definition) is 4. The van der Waals surface area contributed by atoms with Crippen molar-refractivity contribution >= 4 is 22.2 Å². The predicted molar refractivity (Wildman–Crippen MR) is 85.1 cm³/mol. The predicted octanol–water partition coefficient (Wildman–Crippen LogP) is 3.08. The number of carbonyl (C=O) groups is 1. The summed E-state index contributed by atoms with van der Waals surface area (Å²) >= 11 is 1.37. The molecule has 108 valence electrons. The Morgan fingerprint density at radius 2 is 2.10 bits per heavy atom. The lowest BCUT2D eigenvalue weighted by molar-refractivity contribution is -0.116. The Morgan fingerprint density at radius 3 is 2.81 bits per heavy atom. The molecule has 5 heteroatoms. The number of anilines is 1. The van der Waals surface area contributed by atoms with Crippen LogP contribution in [0, 0.1) is 11.3 Å². The summed E-state index contributed by atoms with van der Waals surface area (Å²) < 4.78 is 0. The maximum Gasteiger partial charge on any atom is 0.226 e. The van der Waals surface area contributed by atoms with E-state index in [4.69, 9.17) is 5.26 Å². The van der Waals surface area contributed by atoms with Crippen LogP contribution in [0.2, 0.25) is 0 Å². The highest BCUT2D eigenvalue weighted by atomic mass is 32.1. The van der Waals surface area contributed by atoms with Gasteiger partial charge in [-0.25, -0.2) is 0 Å². The lowest BCUT2D eigenvalue weighted by Crippen LogP contribution is -2.24. The van der Waals surface area contributed by atoms with Crippen molar-refractivity contribution in [2.75, 3.05) is 18.9 Å². The van der Waals surface area contributed by atoms with Gasteiger partial charge in [0.15, 0.2) is 0 Å². The first-order chi connectivity index (χ1) is 10.2. The molecule has 0 bridgehead atoms. The Hall–Kier alpha value is -2.16. The molecule has 0 aliphatic heterocycles. The maximum atomic E-state index is 11.9. The molecule has 0 atom stereocenters. The number of rotatable bonds is 6. The van der Waals surface area contributed by atoms with Gasteiger partial charge in [-0.3, -0.25) is 4.79 Å². The fraction of sp³-hybridized carbons (Fsp3) is 0.250. The Bertz CT molecular complexity index is 630. The third-order valence-electron chi connectivity index (χ3n) is 3.05. The molecule has 2 rings (SSSR count). The van der Waals surface area contributed by atoms with Gasteiger partial charge in [0.1, 0.15) is 11.1 Å². The number of carbonyl (C=O) groups excluding carboxylic acids is 1. The molecule has 1 aromatic carbocycles. The van der Waals surface area contributed by atoms with Gasteiger partial charge < -0.3 is 10.2 Å². The molecular weight excluding hydrogens is 282 g/mol. The summed E-state index contributed by atoms with van der Waals surface area (Å²) in [6.45, 7) is 1.49.